The second-order valence-electron chi connectivity index (χ2n) is 5.19. The molecule has 0 atom stereocenters. The fraction of sp³-hybridized carbons (Fsp3) is 1.00. The molecule has 0 aliphatic carbocycles. The van der Waals surface area contributed by atoms with Crippen molar-refractivity contribution in [3.63, 3.8) is 0 Å². The smallest absolute Gasteiger partial charge is 0.368 e. The van der Waals surface area contributed by atoms with Crippen LogP contribution in [0.4, 0.5) is 79.0 Å². The van der Waals surface area contributed by atoms with Crippen molar-refractivity contribution >= 4 is 68.9 Å². The van der Waals surface area contributed by atoms with Gasteiger partial charge in [-0.15, -0.1) is 0 Å². The summed E-state index contributed by atoms with van der Waals surface area (Å²) in [6.07, 6.45) is -14.7. The van der Waals surface area contributed by atoms with E-state index >= 15 is 0 Å². The van der Waals surface area contributed by atoms with E-state index in [1.54, 1.807) is 0 Å². The van der Waals surface area contributed by atoms with E-state index in [0.29, 0.717) is 0 Å². The first-order valence-electron chi connectivity index (χ1n) is 6.19. The molecule has 0 aliphatic rings. The van der Waals surface area contributed by atoms with E-state index in [1.165, 1.54) is 0 Å². The number of halogens is 18. The first kappa shape index (κ1) is 32.9. The fourth-order valence-corrected chi connectivity index (χ4v) is 1.30. The van der Waals surface area contributed by atoms with Crippen LogP contribution in [0.3, 0.4) is 0 Å². The summed E-state index contributed by atoms with van der Waals surface area (Å²) in [5.74, 6) is -43.3. The van der Waals surface area contributed by atoms with E-state index in [4.69, 9.17) is 0 Å². The van der Waals surface area contributed by atoms with Crippen molar-refractivity contribution in [2.75, 3.05) is 13.2 Å². The molecule has 0 fully saturated rings. The summed E-state index contributed by atoms with van der Waals surface area (Å²) in [6, 6.07) is 0. The summed E-state index contributed by atoms with van der Waals surface area (Å²) >= 11 is 0. The first-order valence-corrected chi connectivity index (χ1v) is 6.19. The van der Waals surface area contributed by atoms with E-state index < -0.39 is 61.1 Å². The zero-order chi connectivity index (χ0) is 24.1. The Labute approximate surface area is 211 Å². The molecule has 0 saturated heterocycles. The van der Waals surface area contributed by atoms with Crippen molar-refractivity contribution < 1.29 is 83.8 Å². The van der Waals surface area contributed by atoms with Crippen LogP contribution in [0.25, 0.3) is 0 Å². The third-order valence-electron chi connectivity index (χ3n) is 2.99. The normalized spacial score (nSPS) is 15.8. The van der Waals surface area contributed by atoms with Crippen LogP contribution in [0, 0.1) is 0 Å². The second-order valence-corrected chi connectivity index (χ2v) is 5.19. The maximum Gasteiger partial charge on any atom is 0.460 e. The maximum absolute atomic E-state index is 12.9. The van der Waals surface area contributed by atoms with E-state index in [2.05, 4.69) is 4.74 Å². The molecule has 0 bridgehead atoms. The summed E-state index contributed by atoms with van der Waals surface area (Å²) in [5, 5.41) is 0. The van der Waals surface area contributed by atoms with Crippen molar-refractivity contribution in [2.45, 2.75) is 47.9 Å². The molecule has 0 rings (SSSR count). The number of hydrogen-bond acceptors (Lipinski definition) is 1. The molecule has 0 saturated carbocycles. The van der Waals surface area contributed by atoms with Gasteiger partial charge in [0.15, 0.2) is 0 Å². The van der Waals surface area contributed by atoms with Gasteiger partial charge in [0.1, 0.15) is 13.2 Å². The van der Waals surface area contributed by atoms with Crippen LogP contribution in [0.1, 0.15) is 0 Å². The minimum atomic E-state index is -7.51. The Kier molecular flexibility index (Phi) is 10.1. The molecule has 20 heteroatoms. The van der Waals surface area contributed by atoms with Crippen LogP contribution >= 0.6 is 0 Å². The molecule has 1 radical (unpaired) electrons. The Morgan fingerprint density at radius 3 is 0.733 bits per heavy atom. The topological polar surface area (TPSA) is 9.23 Å². The second kappa shape index (κ2) is 9.18. The molecule has 0 spiro atoms. The molecule has 0 unspecified atom stereocenters. The zero-order valence-corrected chi connectivity index (χ0v) is 19.9. The predicted octanol–water partition coefficient (Wildman–Crippen LogP) is 5.56. The summed E-state index contributed by atoms with van der Waals surface area (Å²) in [5.41, 5.74) is 0. The first-order chi connectivity index (χ1) is 12.2. The maximum atomic E-state index is 12.9. The van der Waals surface area contributed by atoms with Gasteiger partial charge in [0, 0.05) is 68.9 Å². The van der Waals surface area contributed by atoms with E-state index in [-0.39, 0.29) is 68.9 Å². The van der Waals surface area contributed by atoms with Crippen LogP contribution in [0.5, 0.6) is 0 Å². The van der Waals surface area contributed by atoms with Gasteiger partial charge in [-0.25, -0.2) is 0 Å². The minimum Gasteiger partial charge on any atom is -0.368 e. The third kappa shape index (κ3) is 5.62. The average molecular weight is 615 g/mol. The van der Waals surface area contributed by atoms with Crippen LogP contribution in [0.15, 0.2) is 0 Å². The third-order valence-corrected chi connectivity index (χ3v) is 2.99. The van der Waals surface area contributed by atoms with Crippen molar-refractivity contribution in [1.82, 2.24) is 0 Å². The Morgan fingerprint density at radius 1 is 0.367 bits per heavy atom. The summed E-state index contributed by atoms with van der Waals surface area (Å²) in [7, 11) is 0. The van der Waals surface area contributed by atoms with Gasteiger partial charge in [-0.1, -0.05) is 0 Å². The predicted molar refractivity (Wildman–Crippen MR) is 58.4 cm³/mol. The molecule has 0 N–H and O–H groups in total. The van der Waals surface area contributed by atoms with Crippen molar-refractivity contribution in [2.24, 2.45) is 0 Å². The molecule has 0 aromatic heterocycles. The monoisotopic (exact) mass is 615 g/mol. The standard InChI is InChI=1S/C10H4F18O.Cs/c11-3(12,5(15,16)7(19,20)9(23,24)25)1-29-2-4(13,14)6(17,18)8(21,22)10(26,27)28;/h1-2H2;. The van der Waals surface area contributed by atoms with Gasteiger partial charge in [0.25, 0.3) is 0 Å². The molecule has 0 heterocycles. The number of ether oxygens (including phenoxy) is 1. The number of hydrogen-bond donors (Lipinski definition) is 0. The van der Waals surface area contributed by atoms with Gasteiger partial charge in [-0.05, 0) is 0 Å². The molecule has 1 nitrogen and oxygen atoms in total. The summed E-state index contributed by atoms with van der Waals surface area (Å²) < 4.78 is 226. The van der Waals surface area contributed by atoms with E-state index in [0.717, 1.165) is 0 Å². The quantitative estimate of drug-likeness (QED) is 0.326. The molecule has 177 valence electrons. The molecule has 0 aliphatic heterocycles. The van der Waals surface area contributed by atoms with Crippen LogP contribution in [-0.2, 0) is 4.74 Å². The van der Waals surface area contributed by atoms with Crippen LogP contribution in [-0.4, -0.2) is 130 Å². The Hall–Kier alpha value is 0.752. The van der Waals surface area contributed by atoms with Gasteiger partial charge in [0.2, 0.25) is 0 Å². The molecule has 0 aromatic rings. The Bertz CT molecular complexity index is 524. The number of alkyl halides is 18. The van der Waals surface area contributed by atoms with Gasteiger partial charge in [-0.2, -0.15) is 79.0 Å². The van der Waals surface area contributed by atoms with Crippen LogP contribution < -0.4 is 0 Å². The van der Waals surface area contributed by atoms with Crippen LogP contribution in [0.2, 0.25) is 0 Å². The molecule has 0 amide bonds. The molecule has 0 aromatic carbocycles. The molecular weight excluding hydrogens is 611 g/mol. The van der Waals surface area contributed by atoms with Gasteiger partial charge >= 0.3 is 47.9 Å². The Morgan fingerprint density at radius 2 is 0.567 bits per heavy atom. The van der Waals surface area contributed by atoms with Crippen molar-refractivity contribution in [1.29, 1.82) is 0 Å². The average Bonchev–Trinajstić information content (AvgIpc) is 2.43. The largest absolute Gasteiger partial charge is 0.460 e. The summed E-state index contributed by atoms with van der Waals surface area (Å²) in [4.78, 5) is 0. The van der Waals surface area contributed by atoms with Gasteiger partial charge < -0.3 is 4.74 Å². The molecule has 30 heavy (non-hydrogen) atoms. The minimum absolute atomic E-state index is 0. The molecular formula is C10H4CsF18O. The SMILES string of the molecule is FC(F)(F)C(F)(F)C(F)(F)C(F)(F)COCC(F)(F)C(F)(F)C(F)(F)C(F)(F)F.[Cs]. The van der Waals surface area contributed by atoms with Gasteiger partial charge in [0.05, 0.1) is 0 Å². The van der Waals surface area contributed by atoms with E-state index in [9.17, 15) is 79.0 Å². The van der Waals surface area contributed by atoms with Gasteiger partial charge in [-0.3, -0.25) is 0 Å². The van der Waals surface area contributed by atoms with Crippen molar-refractivity contribution in [3.05, 3.63) is 0 Å². The Balaban J connectivity index is 0. The van der Waals surface area contributed by atoms with Crippen molar-refractivity contribution in [3.8, 4) is 0 Å². The zero-order valence-electron chi connectivity index (χ0n) is 13.6. The van der Waals surface area contributed by atoms with E-state index in [1.807, 2.05) is 0 Å². The fourth-order valence-electron chi connectivity index (χ4n) is 1.30. The summed E-state index contributed by atoms with van der Waals surface area (Å²) in [6.45, 7) is -7.23. The number of rotatable bonds is 8.